The van der Waals surface area contributed by atoms with Crippen LogP contribution in [0.4, 0.5) is 11.6 Å². The summed E-state index contributed by atoms with van der Waals surface area (Å²) in [7, 11) is 0. The van der Waals surface area contributed by atoms with E-state index in [9.17, 15) is 0 Å². The maximum atomic E-state index is 8.54. The number of rotatable bonds is 1. The van der Waals surface area contributed by atoms with Crippen LogP contribution in [-0.4, -0.2) is 11.2 Å². The second-order valence-corrected chi connectivity index (χ2v) is 2.15. The van der Waals surface area contributed by atoms with Gasteiger partial charge in [-0.2, -0.15) is 5.26 Å². The van der Waals surface area contributed by atoms with Crippen LogP contribution in [0.25, 0.3) is 0 Å². The Morgan fingerprint density at radius 2 is 2.17 bits per heavy atom. The predicted molar refractivity (Wildman–Crippen MR) is 45.7 cm³/mol. The molecule has 5 N–H and O–H groups in total. The molecular weight excluding hydrogens is 154 g/mol. The van der Waals surface area contributed by atoms with E-state index in [0.717, 1.165) is 6.21 Å². The predicted octanol–water partition coefficient (Wildman–Crippen LogP) is 0.115. The summed E-state index contributed by atoms with van der Waals surface area (Å²) >= 11 is 0. The molecule has 0 amide bonds. The van der Waals surface area contributed by atoms with Crippen LogP contribution in [0.15, 0.2) is 6.07 Å². The van der Waals surface area contributed by atoms with E-state index in [0.29, 0.717) is 5.56 Å². The van der Waals surface area contributed by atoms with Gasteiger partial charge in [0, 0.05) is 11.8 Å². The molecule has 0 saturated heterocycles. The molecule has 0 radical (unpaired) electrons. The number of nitrogens with zero attached hydrogens (tertiary/aromatic N) is 2. The van der Waals surface area contributed by atoms with Crippen molar-refractivity contribution in [3.63, 3.8) is 0 Å². The smallest absolute Gasteiger partial charge is 0.143 e. The third kappa shape index (κ3) is 1.18. The molecule has 0 saturated carbocycles. The van der Waals surface area contributed by atoms with Gasteiger partial charge in [0.25, 0.3) is 0 Å². The first-order chi connectivity index (χ1) is 5.69. The number of aromatic nitrogens is 1. The van der Waals surface area contributed by atoms with Crippen molar-refractivity contribution in [2.24, 2.45) is 0 Å². The number of nitriles is 1. The Kier molecular flexibility index (Phi) is 1.92. The van der Waals surface area contributed by atoms with Crippen molar-refractivity contribution in [3.05, 3.63) is 17.2 Å². The zero-order valence-electron chi connectivity index (χ0n) is 6.20. The lowest BCUT2D eigenvalue weighted by Gasteiger charge is -2.01. The lowest BCUT2D eigenvalue weighted by atomic mass is 10.2. The zero-order chi connectivity index (χ0) is 9.14. The minimum atomic E-state index is 0.0978. The molecular formula is C7H7N5. The van der Waals surface area contributed by atoms with Crippen LogP contribution in [0.3, 0.4) is 0 Å². The van der Waals surface area contributed by atoms with Gasteiger partial charge in [-0.1, -0.05) is 0 Å². The van der Waals surface area contributed by atoms with Crippen molar-refractivity contribution in [1.82, 2.24) is 4.98 Å². The Morgan fingerprint density at radius 1 is 1.50 bits per heavy atom. The Bertz CT molecular complexity index is 363. The molecule has 0 atom stereocenters. The zero-order valence-corrected chi connectivity index (χ0v) is 6.20. The highest BCUT2D eigenvalue weighted by atomic mass is 14.9. The third-order valence-electron chi connectivity index (χ3n) is 1.39. The highest BCUT2D eigenvalue weighted by Gasteiger charge is 2.04. The van der Waals surface area contributed by atoms with Crippen molar-refractivity contribution in [3.8, 4) is 6.07 Å². The Balaban J connectivity index is 3.39. The molecule has 1 aromatic rings. The summed E-state index contributed by atoms with van der Waals surface area (Å²) in [4.78, 5) is 3.70. The molecule has 1 aromatic heterocycles. The molecule has 0 aliphatic heterocycles. The first kappa shape index (κ1) is 8.01. The fraction of sp³-hybridized carbons (Fsp3) is 0. The fourth-order valence-corrected chi connectivity index (χ4v) is 0.763. The molecule has 0 bridgehead atoms. The fourth-order valence-electron chi connectivity index (χ4n) is 0.763. The van der Waals surface area contributed by atoms with Crippen LogP contribution in [0.2, 0.25) is 0 Å². The summed E-state index contributed by atoms with van der Waals surface area (Å²) in [6, 6.07) is 3.29. The second kappa shape index (κ2) is 2.88. The third-order valence-corrected chi connectivity index (χ3v) is 1.39. The normalized spacial score (nSPS) is 8.92. The average molecular weight is 161 g/mol. The maximum Gasteiger partial charge on any atom is 0.143 e. The maximum absolute atomic E-state index is 8.54. The van der Waals surface area contributed by atoms with Gasteiger partial charge in [-0.05, 0) is 6.07 Å². The second-order valence-electron chi connectivity index (χ2n) is 2.15. The van der Waals surface area contributed by atoms with E-state index in [2.05, 4.69) is 4.98 Å². The highest BCUT2D eigenvalue weighted by molar-refractivity contribution is 5.85. The average Bonchev–Trinajstić information content (AvgIpc) is 2.05. The minimum Gasteiger partial charge on any atom is -0.383 e. The molecule has 5 nitrogen and oxygen atoms in total. The Labute approximate surface area is 69.1 Å². The van der Waals surface area contributed by atoms with Gasteiger partial charge in [0.2, 0.25) is 0 Å². The molecule has 0 spiro atoms. The summed E-state index contributed by atoms with van der Waals surface area (Å²) < 4.78 is 0. The van der Waals surface area contributed by atoms with Crippen molar-refractivity contribution in [2.45, 2.75) is 0 Å². The van der Waals surface area contributed by atoms with Crippen molar-refractivity contribution in [2.75, 3.05) is 11.5 Å². The van der Waals surface area contributed by atoms with Crippen LogP contribution in [0, 0.1) is 16.7 Å². The molecule has 0 fully saturated rings. The number of hydrogen-bond acceptors (Lipinski definition) is 5. The minimum absolute atomic E-state index is 0.0978. The van der Waals surface area contributed by atoms with Crippen molar-refractivity contribution < 1.29 is 0 Å². The molecule has 0 unspecified atom stereocenters. The van der Waals surface area contributed by atoms with Gasteiger partial charge in [-0.25, -0.2) is 4.98 Å². The van der Waals surface area contributed by atoms with E-state index in [1.807, 2.05) is 6.07 Å². The van der Waals surface area contributed by atoms with Crippen LogP contribution in [-0.2, 0) is 0 Å². The monoisotopic (exact) mass is 161 g/mol. The van der Waals surface area contributed by atoms with E-state index in [-0.39, 0.29) is 17.2 Å². The van der Waals surface area contributed by atoms with Crippen LogP contribution in [0.5, 0.6) is 0 Å². The van der Waals surface area contributed by atoms with Gasteiger partial charge in [0.1, 0.15) is 17.7 Å². The topological polar surface area (TPSA) is 113 Å². The molecule has 0 aliphatic rings. The summed E-state index contributed by atoms with van der Waals surface area (Å²) in [6.45, 7) is 0. The van der Waals surface area contributed by atoms with E-state index in [1.165, 1.54) is 6.07 Å². The standard InChI is InChI=1S/C7H7N5/c8-2-4-1-5(3-9)7(11)12-6(4)10/h1-2,8H,(H4,10,11,12). The number of nitrogens with two attached hydrogens (primary N) is 2. The summed E-state index contributed by atoms with van der Waals surface area (Å²) in [5.41, 5.74) is 11.4. The number of pyridine rings is 1. The van der Waals surface area contributed by atoms with Crippen molar-refractivity contribution in [1.29, 1.82) is 10.7 Å². The first-order valence-corrected chi connectivity index (χ1v) is 3.15. The number of anilines is 2. The first-order valence-electron chi connectivity index (χ1n) is 3.15. The molecule has 1 rings (SSSR count). The SMILES string of the molecule is N#Cc1cc(C=N)c(N)nc1N. The van der Waals surface area contributed by atoms with Gasteiger partial charge in [-0.3, -0.25) is 0 Å². The molecule has 5 heteroatoms. The summed E-state index contributed by atoms with van der Waals surface area (Å²) in [6.07, 6.45) is 1.03. The van der Waals surface area contributed by atoms with Crippen LogP contribution in [0.1, 0.15) is 11.1 Å². The highest BCUT2D eigenvalue weighted by Crippen LogP contribution is 2.13. The quantitative estimate of drug-likeness (QED) is 0.507. The van der Waals surface area contributed by atoms with Gasteiger partial charge in [0.15, 0.2) is 0 Å². The van der Waals surface area contributed by atoms with Crippen LogP contribution < -0.4 is 11.5 Å². The number of hydrogen-bond donors (Lipinski definition) is 3. The molecule has 0 aromatic carbocycles. The lowest BCUT2D eigenvalue weighted by molar-refractivity contribution is 1.31. The van der Waals surface area contributed by atoms with Gasteiger partial charge in [-0.15, -0.1) is 0 Å². The summed E-state index contributed by atoms with van der Waals surface area (Å²) in [5, 5.41) is 15.5. The molecule has 12 heavy (non-hydrogen) atoms. The van der Waals surface area contributed by atoms with E-state index < -0.39 is 0 Å². The van der Waals surface area contributed by atoms with E-state index in [4.69, 9.17) is 22.1 Å². The summed E-state index contributed by atoms with van der Waals surface area (Å²) in [5.74, 6) is 0.266. The van der Waals surface area contributed by atoms with Gasteiger partial charge < -0.3 is 16.9 Å². The Hall–Kier alpha value is -2.09. The van der Waals surface area contributed by atoms with Gasteiger partial charge in [0.05, 0.1) is 5.56 Å². The van der Waals surface area contributed by atoms with Gasteiger partial charge >= 0.3 is 0 Å². The molecule has 1 heterocycles. The van der Waals surface area contributed by atoms with E-state index >= 15 is 0 Å². The number of nitrogen functional groups attached to an aromatic ring is 2. The number of nitrogens with one attached hydrogen (secondary N) is 1. The van der Waals surface area contributed by atoms with Crippen molar-refractivity contribution >= 4 is 17.9 Å². The van der Waals surface area contributed by atoms with Crippen LogP contribution >= 0.6 is 0 Å². The van der Waals surface area contributed by atoms with E-state index in [1.54, 1.807) is 0 Å². The Morgan fingerprint density at radius 3 is 2.67 bits per heavy atom. The molecule has 60 valence electrons. The lowest BCUT2D eigenvalue weighted by Crippen LogP contribution is -2.02. The largest absolute Gasteiger partial charge is 0.383 e. The molecule has 0 aliphatic carbocycles.